The first-order valence-electron chi connectivity index (χ1n) is 9.79. The fourth-order valence-electron chi connectivity index (χ4n) is 3.50. The van der Waals surface area contributed by atoms with E-state index in [2.05, 4.69) is 10.1 Å². The number of hydrogen-bond acceptors (Lipinski definition) is 6. The average Bonchev–Trinajstić information content (AvgIpc) is 3.19. The Kier molecular flexibility index (Phi) is 5.69. The number of fused-ring (bicyclic) bond motifs is 1. The maximum absolute atomic E-state index is 13.8. The van der Waals surface area contributed by atoms with Crippen molar-refractivity contribution in [1.82, 2.24) is 19.3 Å². The van der Waals surface area contributed by atoms with Crippen LogP contribution in [-0.2, 0) is 16.2 Å². The van der Waals surface area contributed by atoms with Crippen LogP contribution in [0.1, 0.15) is 27.3 Å². The molecule has 0 aliphatic rings. The summed E-state index contributed by atoms with van der Waals surface area (Å²) in [7, 11) is -4.51. The first-order chi connectivity index (χ1) is 16.4. The van der Waals surface area contributed by atoms with E-state index in [-0.39, 0.29) is 22.5 Å². The van der Waals surface area contributed by atoms with Gasteiger partial charge in [-0.2, -0.15) is 28.0 Å². The summed E-state index contributed by atoms with van der Waals surface area (Å²) in [5.74, 6) is -1.38. The molecule has 0 spiro atoms. The number of carbonyl (C=O) groups is 1. The van der Waals surface area contributed by atoms with Gasteiger partial charge >= 0.3 is 6.18 Å². The van der Waals surface area contributed by atoms with Crippen LogP contribution in [0.5, 0.6) is 0 Å². The number of aryl methyl sites for hydroxylation is 1. The number of hydrogen-bond donors (Lipinski definition) is 2. The van der Waals surface area contributed by atoms with Crippen molar-refractivity contribution >= 4 is 21.6 Å². The molecule has 1 amide bonds. The molecule has 2 N–H and O–H groups in total. The van der Waals surface area contributed by atoms with Crippen molar-refractivity contribution in [3.05, 3.63) is 87.5 Å². The number of nitrogens with zero attached hydrogens (tertiary/aromatic N) is 3. The lowest BCUT2D eigenvalue weighted by Crippen LogP contribution is -2.36. The Morgan fingerprint density at radius 2 is 1.83 bits per heavy atom. The van der Waals surface area contributed by atoms with Crippen molar-refractivity contribution in [3.8, 4) is 17.2 Å². The molecule has 0 bridgehead atoms. The second kappa shape index (κ2) is 8.41. The lowest BCUT2D eigenvalue weighted by atomic mass is 10.1. The van der Waals surface area contributed by atoms with Gasteiger partial charge in [-0.3, -0.25) is 9.59 Å². The molecule has 4 rings (SSSR count). The van der Waals surface area contributed by atoms with Gasteiger partial charge in [0.1, 0.15) is 11.2 Å². The van der Waals surface area contributed by atoms with E-state index in [9.17, 15) is 31.2 Å². The summed E-state index contributed by atoms with van der Waals surface area (Å²) in [6.45, 7) is 1.24. The lowest BCUT2D eigenvalue weighted by Gasteiger charge is -2.10. The van der Waals surface area contributed by atoms with E-state index in [4.69, 9.17) is 5.26 Å². The molecule has 0 aliphatic carbocycles. The van der Waals surface area contributed by atoms with Gasteiger partial charge in [0, 0.05) is 5.69 Å². The normalized spacial score (nSPS) is 11.9. The van der Waals surface area contributed by atoms with Gasteiger partial charge in [0.05, 0.1) is 22.1 Å². The van der Waals surface area contributed by atoms with Crippen molar-refractivity contribution in [2.75, 3.05) is 0 Å². The number of H-pyrrole nitrogens is 1. The molecule has 13 heteroatoms. The highest BCUT2D eigenvalue weighted by molar-refractivity contribution is 7.90. The monoisotopic (exact) mass is 501 g/mol. The molecule has 0 unspecified atom stereocenters. The van der Waals surface area contributed by atoms with E-state index in [1.807, 2.05) is 0 Å². The third-order valence-corrected chi connectivity index (χ3v) is 6.36. The number of amides is 1. The van der Waals surface area contributed by atoms with Crippen molar-refractivity contribution in [2.45, 2.75) is 18.0 Å². The lowest BCUT2D eigenvalue weighted by molar-refractivity contribution is -0.140. The van der Waals surface area contributed by atoms with Crippen LogP contribution in [-0.4, -0.2) is 28.9 Å². The van der Waals surface area contributed by atoms with E-state index < -0.39 is 49.4 Å². The number of halogens is 3. The molecule has 0 radical (unpaired) electrons. The van der Waals surface area contributed by atoms with Crippen LogP contribution in [0, 0.1) is 18.3 Å². The summed E-state index contributed by atoms with van der Waals surface area (Å²) < 4.78 is 68.6. The van der Waals surface area contributed by atoms with Gasteiger partial charge in [0.2, 0.25) is 0 Å². The number of aromatic amines is 1. The zero-order chi connectivity index (χ0) is 25.5. The van der Waals surface area contributed by atoms with Gasteiger partial charge in [0.15, 0.2) is 5.69 Å². The number of alkyl halides is 3. The third kappa shape index (κ3) is 4.26. The highest BCUT2D eigenvalue weighted by Crippen LogP contribution is 2.38. The highest BCUT2D eigenvalue weighted by Gasteiger charge is 2.39. The molecule has 2 heterocycles. The van der Waals surface area contributed by atoms with Crippen LogP contribution < -0.4 is 10.3 Å². The zero-order valence-electron chi connectivity index (χ0n) is 17.7. The molecule has 0 saturated carbocycles. The van der Waals surface area contributed by atoms with E-state index >= 15 is 0 Å². The first kappa shape index (κ1) is 23.7. The van der Waals surface area contributed by atoms with Crippen LogP contribution in [0.4, 0.5) is 13.2 Å². The van der Waals surface area contributed by atoms with Crippen molar-refractivity contribution in [2.24, 2.45) is 0 Å². The van der Waals surface area contributed by atoms with Crippen LogP contribution in [0.15, 0.2) is 64.3 Å². The van der Waals surface area contributed by atoms with Crippen molar-refractivity contribution < 1.29 is 26.4 Å². The average molecular weight is 501 g/mol. The van der Waals surface area contributed by atoms with Gasteiger partial charge in [-0.25, -0.2) is 13.1 Å². The van der Waals surface area contributed by atoms with Crippen LogP contribution in [0.2, 0.25) is 0 Å². The topological polar surface area (TPSA) is 137 Å². The minimum absolute atomic E-state index is 0.0143. The molecule has 35 heavy (non-hydrogen) atoms. The van der Waals surface area contributed by atoms with Crippen molar-refractivity contribution in [3.63, 3.8) is 0 Å². The fraction of sp³-hybridized carbons (Fsp3) is 0.0909. The summed E-state index contributed by atoms with van der Waals surface area (Å²) in [5.41, 5.74) is -4.08. The predicted octanol–water partition coefficient (Wildman–Crippen LogP) is 3.01. The highest BCUT2D eigenvalue weighted by atomic mass is 32.2. The zero-order valence-corrected chi connectivity index (χ0v) is 18.5. The molecule has 2 aromatic heterocycles. The SMILES string of the molecule is Cc1[nH]c2c(-c3ccccc3)c(C(F)(F)F)nn2c(=O)c1C(=O)NS(=O)(=O)c1cccc(C#N)c1. The standard InChI is InChI=1S/C22H14F3N5O4S/c1-12-16(20(31)29-35(33,34)15-9-5-6-13(10-15)11-26)21(32)30-19(27-12)17(14-7-3-2-4-8-14)18(28-30)22(23,24)25/h2-10,27H,1H3,(H,29,31). The number of rotatable bonds is 4. The minimum atomic E-state index is -4.93. The Labute approximate surface area is 195 Å². The molecule has 4 aromatic rings. The van der Waals surface area contributed by atoms with Gasteiger partial charge in [0.25, 0.3) is 21.5 Å². The third-order valence-electron chi connectivity index (χ3n) is 5.03. The maximum atomic E-state index is 13.8. The van der Waals surface area contributed by atoms with E-state index in [1.54, 1.807) is 16.9 Å². The largest absolute Gasteiger partial charge is 0.435 e. The minimum Gasteiger partial charge on any atom is -0.342 e. The van der Waals surface area contributed by atoms with Crippen LogP contribution in [0.25, 0.3) is 16.8 Å². The van der Waals surface area contributed by atoms with Gasteiger partial charge < -0.3 is 4.98 Å². The Bertz CT molecular complexity index is 1680. The number of nitrogens with one attached hydrogen (secondary N) is 2. The summed E-state index contributed by atoms with van der Waals surface area (Å²) in [6.07, 6.45) is -4.93. The van der Waals surface area contributed by atoms with Gasteiger partial charge in [-0.15, -0.1) is 0 Å². The van der Waals surface area contributed by atoms with Crippen LogP contribution in [0.3, 0.4) is 0 Å². The summed E-state index contributed by atoms with van der Waals surface area (Å²) >= 11 is 0. The molecular formula is C22H14F3N5O4S. The fourth-order valence-corrected chi connectivity index (χ4v) is 4.50. The maximum Gasteiger partial charge on any atom is 0.435 e. The number of carbonyl (C=O) groups excluding carboxylic acids is 1. The number of aromatic nitrogens is 3. The summed E-state index contributed by atoms with van der Waals surface area (Å²) in [5, 5.41) is 12.4. The van der Waals surface area contributed by atoms with Crippen LogP contribution >= 0.6 is 0 Å². The van der Waals surface area contributed by atoms with Crippen molar-refractivity contribution in [1.29, 1.82) is 5.26 Å². The smallest absolute Gasteiger partial charge is 0.342 e. The molecule has 9 nitrogen and oxygen atoms in total. The quantitative estimate of drug-likeness (QED) is 0.441. The molecule has 178 valence electrons. The van der Waals surface area contributed by atoms with E-state index in [0.29, 0.717) is 4.52 Å². The van der Waals surface area contributed by atoms with Gasteiger partial charge in [-0.1, -0.05) is 36.4 Å². The summed E-state index contributed by atoms with van der Waals surface area (Å²) in [6, 6.07) is 14.0. The second-order valence-electron chi connectivity index (χ2n) is 7.35. The Hall–Kier alpha value is -4.44. The first-order valence-corrected chi connectivity index (χ1v) is 11.3. The van der Waals surface area contributed by atoms with Gasteiger partial charge in [-0.05, 0) is 30.7 Å². The Balaban J connectivity index is 1.86. The molecule has 0 saturated heterocycles. The second-order valence-corrected chi connectivity index (χ2v) is 9.03. The molecule has 2 aromatic carbocycles. The Morgan fingerprint density at radius 3 is 2.46 bits per heavy atom. The van der Waals surface area contributed by atoms with E-state index in [0.717, 1.165) is 12.1 Å². The predicted molar refractivity (Wildman–Crippen MR) is 117 cm³/mol. The number of sulfonamides is 1. The molecule has 0 aliphatic heterocycles. The van der Waals surface area contributed by atoms with E-state index in [1.165, 1.54) is 43.3 Å². The summed E-state index contributed by atoms with van der Waals surface area (Å²) in [4.78, 5) is 28.0. The molecular weight excluding hydrogens is 487 g/mol. The number of benzene rings is 2. The Morgan fingerprint density at radius 1 is 1.14 bits per heavy atom. The molecule has 0 fully saturated rings. The number of nitriles is 1. The molecule has 0 atom stereocenters.